The molecule has 0 saturated carbocycles. The first kappa shape index (κ1) is 16.6. The quantitative estimate of drug-likeness (QED) is 0.925. The van der Waals surface area contributed by atoms with Crippen LogP contribution in [0, 0.1) is 0 Å². The maximum absolute atomic E-state index is 12.6. The standard InChI is InChI=1S/C21H29N3O/c1-16-6-4-5-11-24(16)21(25)15-23-12-9-17(10-13-23)20-14-18-7-2-3-8-19(18)22-20/h2-3,7-8,14,16-17,22H,4-6,9-13,15H2,1H3/t16-/m0/s1. The average molecular weight is 339 g/mol. The molecule has 2 aromatic rings. The number of hydrogen-bond acceptors (Lipinski definition) is 2. The fraction of sp³-hybridized carbons (Fsp3) is 0.571. The summed E-state index contributed by atoms with van der Waals surface area (Å²) in [4.78, 5) is 20.7. The first-order valence-electron chi connectivity index (χ1n) is 9.80. The summed E-state index contributed by atoms with van der Waals surface area (Å²) in [7, 11) is 0. The van der Waals surface area contributed by atoms with Crippen LogP contribution >= 0.6 is 0 Å². The van der Waals surface area contributed by atoms with E-state index in [0.29, 0.717) is 24.4 Å². The molecule has 1 atom stereocenters. The third-order valence-corrected chi connectivity index (χ3v) is 6.06. The summed E-state index contributed by atoms with van der Waals surface area (Å²) in [6.07, 6.45) is 5.86. The van der Waals surface area contributed by atoms with E-state index in [0.717, 1.165) is 38.9 Å². The minimum atomic E-state index is 0.330. The zero-order chi connectivity index (χ0) is 17.2. The topological polar surface area (TPSA) is 39.3 Å². The van der Waals surface area contributed by atoms with Gasteiger partial charge >= 0.3 is 0 Å². The maximum atomic E-state index is 12.6. The van der Waals surface area contributed by atoms with E-state index in [-0.39, 0.29) is 0 Å². The Labute approximate surface area is 150 Å². The highest BCUT2D eigenvalue weighted by molar-refractivity contribution is 5.80. The van der Waals surface area contributed by atoms with Crippen molar-refractivity contribution in [1.82, 2.24) is 14.8 Å². The highest BCUT2D eigenvalue weighted by atomic mass is 16.2. The molecule has 3 heterocycles. The molecular weight excluding hydrogens is 310 g/mol. The fourth-order valence-electron chi connectivity index (χ4n) is 4.47. The Hall–Kier alpha value is -1.81. The van der Waals surface area contributed by atoms with Gasteiger partial charge in [-0.2, -0.15) is 0 Å². The Balaban J connectivity index is 1.32. The molecule has 1 aromatic carbocycles. The number of carbonyl (C=O) groups is 1. The van der Waals surface area contributed by atoms with Gasteiger partial charge in [-0.25, -0.2) is 0 Å². The van der Waals surface area contributed by atoms with Gasteiger partial charge in [-0.3, -0.25) is 9.69 Å². The van der Waals surface area contributed by atoms with Crippen molar-refractivity contribution in [3.05, 3.63) is 36.0 Å². The normalized spacial score (nSPS) is 23.2. The number of piperidine rings is 2. The molecule has 2 aliphatic heterocycles. The zero-order valence-corrected chi connectivity index (χ0v) is 15.2. The molecule has 4 nitrogen and oxygen atoms in total. The van der Waals surface area contributed by atoms with Crippen molar-refractivity contribution in [2.45, 2.75) is 51.0 Å². The number of fused-ring (bicyclic) bond motifs is 1. The third-order valence-electron chi connectivity index (χ3n) is 6.06. The summed E-state index contributed by atoms with van der Waals surface area (Å²) >= 11 is 0. The van der Waals surface area contributed by atoms with Gasteiger partial charge in [-0.05, 0) is 69.6 Å². The van der Waals surface area contributed by atoms with Gasteiger partial charge in [0.15, 0.2) is 0 Å². The van der Waals surface area contributed by atoms with E-state index < -0.39 is 0 Å². The SMILES string of the molecule is C[C@H]1CCCCN1C(=O)CN1CCC(c2cc3ccccc3[nH]2)CC1. The fourth-order valence-corrected chi connectivity index (χ4v) is 4.47. The second-order valence-electron chi connectivity index (χ2n) is 7.79. The number of para-hydroxylation sites is 1. The number of H-pyrrole nitrogens is 1. The average Bonchev–Trinajstić information content (AvgIpc) is 3.07. The zero-order valence-electron chi connectivity index (χ0n) is 15.2. The van der Waals surface area contributed by atoms with E-state index in [1.807, 2.05) is 0 Å². The van der Waals surface area contributed by atoms with Gasteiger partial charge in [0, 0.05) is 29.7 Å². The summed E-state index contributed by atoms with van der Waals surface area (Å²) in [5, 5.41) is 1.30. The maximum Gasteiger partial charge on any atom is 0.236 e. The molecule has 1 amide bonds. The lowest BCUT2D eigenvalue weighted by Gasteiger charge is -2.37. The number of aromatic amines is 1. The van der Waals surface area contributed by atoms with E-state index in [1.54, 1.807) is 0 Å². The van der Waals surface area contributed by atoms with Crippen LogP contribution in [0.15, 0.2) is 30.3 Å². The first-order valence-corrected chi connectivity index (χ1v) is 9.80. The van der Waals surface area contributed by atoms with Crippen molar-refractivity contribution in [3.63, 3.8) is 0 Å². The number of carbonyl (C=O) groups excluding carboxylic acids is 1. The van der Waals surface area contributed by atoms with Crippen LogP contribution in [0.3, 0.4) is 0 Å². The van der Waals surface area contributed by atoms with Crippen LogP contribution in [0.25, 0.3) is 10.9 Å². The smallest absolute Gasteiger partial charge is 0.236 e. The monoisotopic (exact) mass is 339 g/mol. The van der Waals surface area contributed by atoms with Crippen molar-refractivity contribution in [2.24, 2.45) is 0 Å². The van der Waals surface area contributed by atoms with Gasteiger partial charge in [-0.15, -0.1) is 0 Å². The molecule has 4 heteroatoms. The predicted molar refractivity (Wildman–Crippen MR) is 102 cm³/mol. The van der Waals surface area contributed by atoms with E-state index in [9.17, 15) is 4.79 Å². The van der Waals surface area contributed by atoms with Gasteiger partial charge in [-0.1, -0.05) is 18.2 Å². The Morgan fingerprint density at radius 3 is 2.68 bits per heavy atom. The Bertz CT molecular complexity index is 697. The molecule has 4 rings (SSSR count). The molecule has 1 N–H and O–H groups in total. The van der Waals surface area contributed by atoms with Crippen molar-refractivity contribution < 1.29 is 4.79 Å². The van der Waals surface area contributed by atoms with E-state index >= 15 is 0 Å². The van der Waals surface area contributed by atoms with Crippen molar-refractivity contribution in [1.29, 1.82) is 0 Å². The van der Waals surface area contributed by atoms with Crippen molar-refractivity contribution in [3.8, 4) is 0 Å². The summed E-state index contributed by atoms with van der Waals surface area (Å²) in [5.41, 5.74) is 2.59. The molecule has 2 fully saturated rings. The highest BCUT2D eigenvalue weighted by Crippen LogP contribution is 2.30. The van der Waals surface area contributed by atoms with Crippen molar-refractivity contribution >= 4 is 16.8 Å². The van der Waals surface area contributed by atoms with E-state index in [1.165, 1.54) is 29.4 Å². The molecule has 25 heavy (non-hydrogen) atoms. The molecule has 1 aromatic heterocycles. The first-order chi connectivity index (χ1) is 12.2. The van der Waals surface area contributed by atoms with Crippen LogP contribution in [0.1, 0.15) is 50.6 Å². The minimum Gasteiger partial charge on any atom is -0.358 e. The van der Waals surface area contributed by atoms with Crippen LogP contribution in [-0.4, -0.2) is 52.9 Å². The number of hydrogen-bond donors (Lipinski definition) is 1. The molecule has 0 aliphatic carbocycles. The molecule has 0 bridgehead atoms. The Morgan fingerprint density at radius 2 is 1.92 bits per heavy atom. The van der Waals surface area contributed by atoms with Crippen molar-refractivity contribution in [2.75, 3.05) is 26.2 Å². The third kappa shape index (κ3) is 3.59. The van der Waals surface area contributed by atoms with Gasteiger partial charge in [0.1, 0.15) is 0 Å². The highest BCUT2D eigenvalue weighted by Gasteiger charge is 2.27. The lowest BCUT2D eigenvalue weighted by atomic mass is 9.93. The second kappa shape index (κ2) is 7.20. The summed E-state index contributed by atoms with van der Waals surface area (Å²) in [6, 6.07) is 11.2. The number of rotatable bonds is 3. The van der Waals surface area contributed by atoms with Crippen LogP contribution in [0.2, 0.25) is 0 Å². The number of benzene rings is 1. The van der Waals surface area contributed by atoms with Gasteiger partial charge in [0.25, 0.3) is 0 Å². The molecule has 134 valence electrons. The molecule has 0 unspecified atom stereocenters. The molecule has 0 spiro atoms. The van der Waals surface area contributed by atoms with Crippen LogP contribution in [0.4, 0.5) is 0 Å². The number of nitrogens with one attached hydrogen (secondary N) is 1. The lowest BCUT2D eigenvalue weighted by molar-refractivity contribution is -0.135. The molecular formula is C21H29N3O. The van der Waals surface area contributed by atoms with E-state index in [2.05, 4.69) is 52.0 Å². The second-order valence-corrected chi connectivity index (χ2v) is 7.79. The molecule has 2 saturated heterocycles. The van der Waals surface area contributed by atoms with Gasteiger partial charge in [0.05, 0.1) is 6.54 Å². The summed E-state index contributed by atoms with van der Waals surface area (Å²) in [5.74, 6) is 0.920. The molecule has 0 radical (unpaired) electrons. The summed E-state index contributed by atoms with van der Waals surface area (Å²) < 4.78 is 0. The van der Waals surface area contributed by atoms with Crippen LogP contribution in [0.5, 0.6) is 0 Å². The number of likely N-dealkylation sites (tertiary alicyclic amines) is 2. The summed E-state index contributed by atoms with van der Waals surface area (Å²) in [6.45, 7) is 5.79. The van der Waals surface area contributed by atoms with Gasteiger partial charge in [0.2, 0.25) is 5.91 Å². The predicted octanol–water partition coefficient (Wildman–Crippen LogP) is 3.75. The Kier molecular flexibility index (Phi) is 4.80. The Morgan fingerprint density at radius 1 is 1.12 bits per heavy atom. The number of aromatic nitrogens is 1. The number of nitrogens with zero attached hydrogens (tertiary/aromatic N) is 2. The minimum absolute atomic E-state index is 0.330. The largest absolute Gasteiger partial charge is 0.358 e. The number of amides is 1. The van der Waals surface area contributed by atoms with Crippen LogP contribution < -0.4 is 0 Å². The van der Waals surface area contributed by atoms with Crippen LogP contribution in [-0.2, 0) is 4.79 Å². The lowest BCUT2D eigenvalue weighted by Crippen LogP contribution is -2.48. The van der Waals surface area contributed by atoms with E-state index in [4.69, 9.17) is 0 Å². The molecule has 2 aliphatic rings. The van der Waals surface area contributed by atoms with Gasteiger partial charge < -0.3 is 9.88 Å².